The number of aromatic carboxylic acids is 1. The Morgan fingerprint density at radius 2 is 1.51 bits per heavy atom. The Balaban J connectivity index is 1.72. The first kappa shape index (κ1) is 23.7. The predicted molar refractivity (Wildman–Crippen MR) is 137 cm³/mol. The van der Waals surface area contributed by atoms with Gasteiger partial charge >= 0.3 is 5.97 Å². The van der Waals surface area contributed by atoms with E-state index in [9.17, 15) is 14.7 Å². The van der Waals surface area contributed by atoms with Crippen molar-refractivity contribution in [3.8, 4) is 28.0 Å². The van der Waals surface area contributed by atoms with Crippen LogP contribution in [-0.4, -0.2) is 28.6 Å². The van der Waals surface area contributed by atoms with Gasteiger partial charge in [-0.1, -0.05) is 55.8 Å². The topological polar surface area (TPSA) is 88.5 Å². The minimum atomic E-state index is -1.12. The summed E-state index contributed by atoms with van der Waals surface area (Å²) in [4.78, 5) is 29.4. The third kappa shape index (κ3) is 5.73. The van der Waals surface area contributed by atoms with Gasteiger partial charge in [-0.3, -0.25) is 9.78 Å². The van der Waals surface area contributed by atoms with Crippen molar-refractivity contribution >= 4 is 17.6 Å². The molecule has 1 heterocycles. The van der Waals surface area contributed by atoms with Gasteiger partial charge in [-0.25, -0.2) is 4.79 Å². The second-order valence-corrected chi connectivity index (χ2v) is 8.03. The van der Waals surface area contributed by atoms with Gasteiger partial charge in [0.25, 0.3) is 5.91 Å². The molecule has 176 valence electrons. The number of ether oxygens (including phenoxy) is 1. The van der Waals surface area contributed by atoms with Crippen molar-refractivity contribution in [2.45, 2.75) is 19.8 Å². The summed E-state index contributed by atoms with van der Waals surface area (Å²) in [5, 5.41) is 12.5. The Bertz CT molecular complexity index is 1320. The highest BCUT2D eigenvalue weighted by molar-refractivity contribution is 6.10. The summed E-state index contributed by atoms with van der Waals surface area (Å²) in [6.07, 6.45) is 5.20. The molecule has 0 fully saturated rings. The van der Waals surface area contributed by atoms with Crippen LogP contribution in [0.15, 0.2) is 91.3 Å². The number of carbonyl (C=O) groups is 2. The molecular weight excluding hydrogens is 440 g/mol. The average Bonchev–Trinajstić information content (AvgIpc) is 2.89. The largest absolute Gasteiger partial charge is 0.493 e. The van der Waals surface area contributed by atoms with E-state index in [-0.39, 0.29) is 11.3 Å². The molecule has 0 atom stereocenters. The molecule has 0 aliphatic carbocycles. The Morgan fingerprint density at radius 3 is 2.23 bits per heavy atom. The van der Waals surface area contributed by atoms with Crippen LogP contribution in [0.3, 0.4) is 0 Å². The summed E-state index contributed by atoms with van der Waals surface area (Å²) >= 11 is 0. The molecular formula is C29H26N2O4. The fourth-order valence-electron chi connectivity index (χ4n) is 3.72. The number of benzene rings is 3. The molecule has 0 unspecified atom stereocenters. The minimum absolute atomic E-state index is 0.0109. The number of carbonyl (C=O) groups excluding carboxylic acids is 1. The van der Waals surface area contributed by atoms with Crippen molar-refractivity contribution in [3.63, 3.8) is 0 Å². The first-order chi connectivity index (χ1) is 17.1. The van der Waals surface area contributed by atoms with Crippen molar-refractivity contribution in [1.29, 1.82) is 0 Å². The summed E-state index contributed by atoms with van der Waals surface area (Å²) < 4.78 is 5.91. The van der Waals surface area contributed by atoms with E-state index in [0.717, 1.165) is 35.1 Å². The van der Waals surface area contributed by atoms with Crippen LogP contribution in [0, 0.1) is 0 Å². The maximum atomic E-state index is 13.5. The van der Waals surface area contributed by atoms with E-state index in [0.29, 0.717) is 17.9 Å². The number of pyridine rings is 1. The molecule has 6 nitrogen and oxygen atoms in total. The van der Waals surface area contributed by atoms with Gasteiger partial charge in [-0.2, -0.15) is 0 Å². The van der Waals surface area contributed by atoms with E-state index < -0.39 is 11.9 Å². The number of nitrogens with one attached hydrogen (secondary N) is 1. The number of rotatable bonds is 9. The highest BCUT2D eigenvalue weighted by Crippen LogP contribution is 2.30. The summed E-state index contributed by atoms with van der Waals surface area (Å²) in [5.74, 6) is -1.12. The molecule has 1 amide bonds. The van der Waals surface area contributed by atoms with Crippen LogP contribution in [0.2, 0.25) is 0 Å². The van der Waals surface area contributed by atoms with Crippen LogP contribution in [0.1, 0.15) is 40.5 Å². The smallest absolute Gasteiger partial charge is 0.337 e. The van der Waals surface area contributed by atoms with E-state index in [4.69, 9.17) is 4.74 Å². The van der Waals surface area contributed by atoms with Gasteiger partial charge in [0.1, 0.15) is 5.75 Å². The molecule has 0 aliphatic rings. The lowest BCUT2D eigenvalue weighted by Crippen LogP contribution is -2.16. The Morgan fingerprint density at radius 1 is 0.829 bits per heavy atom. The van der Waals surface area contributed by atoms with E-state index in [1.807, 2.05) is 48.5 Å². The number of anilines is 1. The lowest BCUT2D eigenvalue weighted by molar-refractivity contribution is 0.0698. The lowest BCUT2D eigenvalue weighted by Gasteiger charge is -2.15. The van der Waals surface area contributed by atoms with Gasteiger partial charge in [0.05, 0.1) is 23.4 Å². The summed E-state index contributed by atoms with van der Waals surface area (Å²) in [7, 11) is 0. The monoisotopic (exact) mass is 466 g/mol. The van der Waals surface area contributed by atoms with Crippen molar-refractivity contribution in [2.24, 2.45) is 0 Å². The van der Waals surface area contributed by atoms with E-state index in [2.05, 4.69) is 17.2 Å². The van der Waals surface area contributed by atoms with E-state index in [1.165, 1.54) is 6.07 Å². The first-order valence-corrected chi connectivity index (χ1v) is 11.5. The third-order valence-electron chi connectivity index (χ3n) is 5.60. The zero-order valence-corrected chi connectivity index (χ0v) is 19.4. The van der Waals surface area contributed by atoms with Gasteiger partial charge in [-0.15, -0.1) is 0 Å². The number of carboxylic acids is 1. The van der Waals surface area contributed by atoms with Crippen LogP contribution in [-0.2, 0) is 0 Å². The fraction of sp³-hybridized carbons (Fsp3) is 0.138. The second kappa shape index (κ2) is 11.1. The second-order valence-electron chi connectivity index (χ2n) is 8.03. The van der Waals surface area contributed by atoms with Crippen LogP contribution in [0.25, 0.3) is 22.3 Å². The zero-order valence-electron chi connectivity index (χ0n) is 19.4. The third-order valence-corrected chi connectivity index (χ3v) is 5.60. The molecule has 4 aromatic rings. The van der Waals surface area contributed by atoms with Crippen molar-refractivity contribution in [3.05, 3.63) is 102 Å². The molecule has 0 bridgehead atoms. The van der Waals surface area contributed by atoms with Crippen LogP contribution in [0.5, 0.6) is 5.75 Å². The standard InChI is InChI=1S/C29H26N2O4/c1-2-3-17-35-27-12-10-22(21-13-15-30-16-14-21)18-25(27)28(32)31-26-19-23(9-11-24(26)29(33)34)20-7-5-4-6-8-20/h4-16,18-19H,2-3,17H2,1H3,(H,31,32)(H,33,34). The molecule has 35 heavy (non-hydrogen) atoms. The molecule has 1 aromatic heterocycles. The molecule has 0 saturated heterocycles. The number of unbranched alkanes of at least 4 members (excludes halogenated alkanes) is 1. The number of nitrogens with zero attached hydrogens (tertiary/aromatic N) is 1. The number of carboxylic acid groups (broad SMARTS) is 1. The van der Waals surface area contributed by atoms with Crippen LogP contribution >= 0.6 is 0 Å². The average molecular weight is 467 g/mol. The Labute approximate surface area is 204 Å². The molecule has 0 aliphatic heterocycles. The number of hydrogen-bond donors (Lipinski definition) is 2. The lowest BCUT2D eigenvalue weighted by atomic mass is 10.0. The Hall–Kier alpha value is -4.45. The summed E-state index contributed by atoms with van der Waals surface area (Å²) in [6.45, 7) is 2.55. The quantitative estimate of drug-likeness (QED) is 0.273. The minimum Gasteiger partial charge on any atom is -0.493 e. The molecule has 0 radical (unpaired) electrons. The molecule has 2 N–H and O–H groups in total. The van der Waals surface area contributed by atoms with Crippen molar-refractivity contribution in [1.82, 2.24) is 4.98 Å². The SMILES string of the molecule is CCCCOc1ccc(-c2ccncc2)cc1C(=O)Nc1cc(-c2ccccc2)ccc1C(=O)O. The van der Waals surface area contributed by atoms with Gasteiger partial charge < -0.3 is 15.2 Å². The summed E-state index contributed by atoms with van der Waals surface area (Å²) in [6, 6.07) is 23.7. The van der Waals surface area contributed by atoms with Gasteiger partial charge in [-0.05, 0) is 65.1 Å². The van der Waals surface area contributed by atoms with Crippen molar-refractivity contribution in [2.75, 3.05) is 11.9 Å². The van der Waals surface area contributed by atoms with Gasteiger partial charge in [0.2, 0.25) is 0 Å². The van der Waals surface area contributed by atoms with E-state index >= 15 is 0 Å². The maximum Gasteiger partial charge on any atom is 0.337 e. The first-order valence-electron chi connectivity index (χ1n) is 11.5. The Kier molecular flexibility index (Phi) is 7.53. The van der Waals surface area contributed by atoms with E-state index in [1.54, 1.807) is 36.7 Å². The summed E-state index contributed by atoms with van der Waals surface area (Å²) in [5.41, 5.74) is 4.02. The van der Waals surface area contributed by atoms with Crippen LogP contribution in [0.4, 0.5) is 5.69 Å². The highest BCUT2D eigenvalue weighted by atomic mass is 16.5. The normalized spacial score (nSPS) is 10.5. The molecule has 6 heteroatoms. The molecule has 4 rings (SSSR count). The maximum absolute atomic E-state index is 13.5. The number of aromatic nitrogens is 1. The number of hydrogen-bond acceptors (Lipinski definition) is 4. The van der Waals surface area contributed by atoms with Crippen molar-refractivity contribution < 1.29 is 19.4 Å². The fourth-order valence-corrected chi connectivity index (χ4v) is 3.72. The molecule has 0 saturated carbocycles. The highest BCUT2D eigenvalue weighted by Gasteiger charge is 2.19. The van der Waals surface area contributed by atoms with Gasteiger partial charge in [0, 0.05) is 12.4 Å². The molecule has 0 spiro atoms. The van der Waals surface area contributed by atoms with Gasteiger partial charge in [0.15, 0.2) is 0 Å². The number of amides is 1. The van der Waals surface area contributed by atoms with Crippen LogP contribution < -0.4 is 10.1 Å². The molecule has 3 aromatic carbocycles. The zero-order chi connectivity index (χ0) is 24.6. The predicted octanol–water partition coefficient (Wildman–Crippen LogP) is 6.55.